The van der Waals surface area contributed by atoms with Gasteiger partial charge in [-0.1, -0.05) is 13.0 Å². The highest BCUT2D eigenvalue weighted by Gasteiger charge is 2.31. The zero-order chi connectivity index (χ0) is 17.0. The molecule has 1 aromatic heterocycles. The molecular weight excluding hydrogens is 290 g/mol. The van der Waals surface area contributed by atoms with Gasteiger partial charge in [-0.3, -0.25) is 4.90 Å². The molecule has 1 fully saturated rings. The molecule has 0 saturated carbocycles. The van der Waals surface area contributed by atoms with Gasteiger partial charge in [0.15, 0.2) is 0 Å². The predicted molar refractivity (Wildman–Crippen MR) is 92.7 cm³/mol. The van der Waals surface area contributed by atoms with Gasteiger partial charge in [0.25, 0.3) is 0 Å². The van der Waals surface area contributed by atoms with Gasteiger partial charge >= 0.3 is 6.09 Å². The van der Waals surface area contributed by atoms with Gasteiger partial charge in [-0.25, -0.2) is 9.78 Å². The zero-order valence-electron chi connectivity index (χ0n) is 14.9. The monoisotopic (exact) mass is 319 g/mol. The average Bonchev–Trinajstić information content (AvgIpc) is 3.00. The summed E-state index contributed by atoms with van der Waals surface area (Å²) in [6.45, 7) is 10.8. The van der Waals surface area contributed by atoms with Crippen LogP contribution in [0.25, 0.3) is 0 Å². The summed E-state index contributed by atoms with van der Waals surface area (Å²) in [5.74, 6) is 0.718. The van der Waals surface area contributed by atoms with E-state index in [-0.39, 0.29) is 18.2 Å². The van der Waals surface area contributed by atoms with E-state index in [1.165, 1.54) is 0 Å². The second kappa shape index (κ2) is 7.30. The van der Waals surface area contributed by atoms with Gasteiger partial charge < -0.3 is 10.1 Å². The molecule has 1 N–H and O–H groups in total. The lowest BCUT2D eigenvalue weighted by Crippen LogP contribution is -2.43. The Balaban J connectivity index is 2.37. The Bertz CT molecular complexity index is 533. The minimum Gasteiger partial charge on any atom is -0.443 e. The number of carbonyl (C=O) groups excluding carboxylic acids is 1. The maximum atomic E-state index is 12.8. The van der Waals surface area contributed by atoms with Crippen LogP contribution in [0.2, 0.25) is 0 Å². The van der Waals surface area contributed by atoms with E-state index >= 15 is 0 Å². The maximum absolute atomic E-state index is 12.8. The third kappa shape index (κ3) is 4.44. The van der Waals surface area contributed by atoms with Crippen molar-refractivity contribution in [2.75, 3.05) is 11.4 Å². The highest BCUT2D eigenvalue weighted by atomic mass is 16.6. The Labute approximate surface area is 139 Å². The number of nitrogens with zero attached hydrogens (tertiary/aromatic N) is 2. The van der Waals surface area contributed by atoms with E-state index in [0.717, 1.165) is 37.2 Å². The van der Waals surface area contributed by atoms with E-state index in [2.05, 4.69) is 23.3 Å². The number of nitrogens with one attached hydrogen (secondary N) is 1. The van der Waals surface area contributed by atoms with E-state index in [0.29, 0.717) is 0 Å². The third-order valence-corrected chi connectivity index (χ3v) is 4.10. The maximum Gasteiger partial charge on any atom is 0.416 e. The van der Waals surface area contributed by atoms with E-state index < -0.39 is 5.60 Å². The molecule has 128 valence electrons. The normalized spacial score (nSPS) is 19.4. The van der Waals surface area contributed by atoms with E-state index in [4.69, 9.17) is 4.74 Å². The van der Waals surface area contributed by atoms with Gasteiger partial charge in [-0.15, -0.1) is 0 Å². The van der Waals surface area contributed by atoms with Crippen LogP contribution in [0, 0.1) is 0 Å². The molecule has 0 aliphatic carbocycles. The lowest BCUT2D eigenvalue weighted by Gasteiger charge is -2.32. The molecule has 0 bridgehead atoms. The standard InChI is InChI=1S/C18H29N3O2/c1-6-13(2)21(17(22)23-18(3,4)5)16-14(9-7-12-20-16)15-10-8-11-19-15/h7,9,12-13,15,19H,6,8,10-11H2,1-5H3/t13-,15+/m0/s1. The summed E-state index contributed by atoms with van der Waals surface area (Å²) in [7, 11) is 0. The first-order valence-corrected chi connectivity index (χ1v) is 8.54. The number of hydrogen-bond acceptors (Lipinski definition) is 4. The van der Waals surface area contributed by atoms with Crippen molar-refractivity contribution in [3.05, 3.63) is 23.9 Å². The van der Waals surface area contributed by atoms with Gasteiger partial charge in [0.05, 0.1) is 0 Å². The van der Waals surface area contributed by atoms with Crippen molar-refractivity contribution in [1.82, 2.24) is 10.3 Å². The van der Waals surface area contributed by atoms with E-state index in [1.807, 2.05) is 33.8 Å². The summed E-state index contributed by atoms with van der Waals surface area (Å²) >= 11 is 0. The molecule has 0 spiro atoms. The summed E-state index contributed by atoms with van der Waals surface area (Å²) in [6, 6.07) is 4.28. The van der Waals surface area contributed by atoms with Gasteiger partial charge in [0.2, 0.25) is 0 Å². The van der Waals surface area contributed by atoms with Crippen LogP contribution in [0.3, 0.4) is 0 Å². The van der Waals surface area contributed by atoms with Crippen LogP contribution in [-0.2, 0) is 4.74 Å². The molecule has 5 nitrogen and oxygen atoms in total. The van der Waals surface area contributed by atoms with Crippen molar-refractivity contribution < 1.29 is 9.53 Å². The number of pyridine rings is 1. The largest absolute Gasteiger partial charge is 0.443 e. The smallest absolute Gasteiger partial charge is 0.416 e. The highest BCUT2D eigenvalue weighted by molar-refractivity contribution is 5.88. The first-order chi connectivity index (χ1) is 10.8. The molecule has 0 unspecified atom stereocenters. The van der Waals surface area contributed by atoms with Crippen LogP contribution in [0.1, 0.15) is 65.5 Å². The first-order valence-electron chi connectivity index (χ1n) is 8.54. The van der Waals surface area contributed by atoms with Crippen molar-refractivity contribution >= 4 is 11.9 Å². The number of ether oxygens (including phenoxy) is 1. The Morgan fingerprint density at radius 1 is 1.52 bits per heavy atom. The molecule has 2 heterocycles. The van der Waals surface area contributed by atoms with Gasteiger partial charge in [-0.2, -0.15) is 0 Å². The Kier molecular flexibility index (Phi) is 5.63. The van der Waals surface area contributed by atoms with Crippen LogP contribution in [-0.4, -0.2) is 29.3 Å². The quantitative estimate of drug-likeness (QED) is 0.910. The molecule has 1 aromatic rings. The number of anilines is 1. The van der Waals surface area contributed by atoms with Gasteiger partial charge in [0.1, 0.15) is 11.4 Å². The second-order valence-corrected chi connectivity index (χ2v) is 7.17. The molecule has 1 saturated heterocycles. The first kappa shape index (κ1) is 17.7. The minimum absolute atomic E-state index is 0.0277. The van der Waals surface area contributed by atoms with Crippen molar-refractivity contribution in [3.8, 4) is 0 Å². The van der Waals surface area contributed by atoms with E-state index in [1.54, 1.807) is 11.1 Å². The van der Waals surface area contributed by atoms with Crippen LogP contribution in [0.15, 0.2) is 18.3 Å². The fourth-order valence-corrected chi connectivity index (χ4v) is 2.80. The lowest BCUT2D eigenvalue weighted by atomic mass is 10.0. The molecule has 0 radical (unpaired) electrons. The van der Waals surface area contributed by atoms with E-state index in [9.17, 15) is 4.79 Å². The molecule has 23 heavy (non-hydrogen) atoms. The van der Waals surface area contributed by atoms with Crippen molar-refractivity contribution in [1.29, 1.82) is 0 Å². The number of carbonyl (C=O) groups is 1. The fraction of sp³-hybridized carbons (Fsp3) is 0.667. The Hall–Kier alpha value is -1.62. The van der Waals surface area contributed by atoms with Crippen molar-refractivity contribution in [2.45, 2.75) is 71.6 Å². The topological polar surface area (TPSA) is 54.5 Å². The molecule has 2 rings (SSSR count). The van der Waals surface area contributed by atoms with Crippen molar-refractivity contribution in [3.63, 3.8) is 0 Å². The Morgan fingerprint density at radius 2 is 2.26 bits per heavy atom. The summed E-state index contributed by atoms with van der Waals surface area (Å²) < 4.78 is 5.62. The molecule has 0 aromatic carbocycles. The van der Waals surface area contributed by atoms with Crippen LogP contribution in [0.5, 0.6) is 0 Å². The summed E-state index contributed by atoms with van der Waals surface area (Å²) in [5.41, 5.74) is 0.555. The fourth-order valence-electron chi connectivity index (χ4n) is 2.80. The number of aromatic nitrogens is 1. The molecular formula is C18H29N3O2. The summed E-state index contributed by atoms with van der Waals surface area (Å²) in [6.07, 6.45) is 4.47. The van der Waals surface area contributed by atoms with Crippen LogP contribution in [0.4, 0.5) is 10.6 Å². The van der Waals surface area contributed by atoms with Gasteiger partial charge in [0, 0.05) is 23.8 Å². The predicted octanol–water partition coefficient (Wildman–Crippen LogP) is 4.05. The molecule has 1 aliphatic heterocycles. The lowest BCUT2D eigenvalue weighted by molar-refractivity contribution is 0.0565. The average molecular weight is 319 g/mol. The number of rotatable bonds is 4. The summed E-state index contributed by atoms with van der Waals surface area (Å²) in [5, 5.41) is 3.49. The zero-order valence-corrected chi connectivity index (χ0v) is 14.9. The summed E-state index contributed by atoms with van der Waals surface area (Å²) in [4.78, 5) is 19.0. The third-order valence-electron chi connectivity index (χ3n) is 4.10. The molecule has 5 heteroatoms. The van der Waals surface area contributed by atoms with Crippen molar-refractivity contribution in [2.24, 2.45) is 0 Å². The number of amides is 1. The molecule has 1 aliphatic rings. The van der Waals surface area contributed by atoms with Gasteiger partial charge in [-0.05, 0) is 59.6 Å². The highest BCUT2D eigenvalue weighted by Crippen LogP contribution is 2.32. The molecule has 1 amide bonds. The second-order valence-electron chi connectivity index (χ2n) is 7.17. The molecule has 2 atom stereocenters. The van der Waals surface area contributed by atoms with Crippen LogP contribution >= 0.6 is 0 Å². The Morgan fingerprint density at radius 3 is 2.83 bits per heavy atom. The van der Waals surface area contributed by atoms with Crippen LogP contribution < -0.4 is 10.2 Å². The SMILES string of the molecule is CC[C@H](C)N(C(=O)OC(C)(C)C)c1ncccc1[C@H]1CCCN1. The minimum atomic E-state index is -0.524. The number of hydrogen-bond donors (Lipinski definition) is 1.